The largest absolute Gasteiger partial charge is 0.325 e. The first-order valence-electron chi connectivity index (χ1n) is 17.6. The van der Waals surface area contributed by atoms with Crippen LogP contribution in [-0.4, -0.2) is 32.4 Å². The number of piperidine rings is 1. The number of nitrogens with zero attached hydrogens (tertiary/aromatic N) is 1. The van der Waals surface area contributed by atoms with Crippen molar-refractivity contribution in [3.8, 4) is 0 Å². The van der Waals surface area contributed by atoms with Crippen molar-refractivity contribution >= 4 is 27.4 Å². The summed E-state index contributed by atoms with van der Waals surface area (Å²) in [5.41, 5.74) is 4.10. The number of rotatable bonds is 4. The van der Waals surface area contributed by atoms with E-state index in [9.17, 15) is 13.2 Å². The molecular formula is C40H67N3O3S. The molecule has 0 unspecified atom stereocenters. The Morgan fingerprint density at radius 1 is 0.574 bits per heavy atom. The molecule has 47 heavy (non-hydrogen) atoms. The molecule has 0 aliphatic carbocycles. The number of likely N-dealkylation sites (tertiary alicyclic amines) is 1. The third kappa shape index (κ3) is 17.4. The first kappa shape index (κ1) is 45.8. The maximum Gasteiger partial charge on any atom is 0.321 e. The van der Waals surface area contributed by atoms with Gasteiger partial charge in [-0.15, -0.1) is 0 Å². The van der Waals surface area contributed by atoms with Gasteiger partial charge in [0, 0.05) is 24.5 Å². The first-order valence-corrected chi connectivity index (χ1v) is 19.1. The van der Waals surface area contributed by atoms with Crippen LogP contribution in [0.4, 0.5) is 16.2 Å². The minimum Gasteiger partial charge on any atom is -0.325 e. The number of carbonyl (C=O) groups is 1. The topological polar surface area (TPSA) is 78.5 Å². The molecule has 6 nitrogen and oxygen atoms in total. The Hall–Kier alpha value is -3.32. The van der Waals surface area contributed by atoms with E-state index in [1.165, 1.54) is 17.5 Å². The van der Waals surface area contributed by atoms with Crippen LogP contribution in [0.15, 0.2) is 83.8 Å². The molecule has 1 fully saturated rings. The van der Waals surface area contributed by atoms with Gasteiger partial charge in [-0.3, -0.25) is 4.72 Å². The summed E-state index contributed by atoms with van der Waals surface area (Å²) in [7, 11) is -3.51. The molecule has 1 saturated heterocycles. The lowest BCUT2D eigenvalue weighted by molar-refractivity contribution is 0.200. The first-order chi connectivity index (χ1) is 22.3. The molecule has 1 aliphatic heterocycles. The van der Waals surface area contributed by atoms with Gasteiger partial charge in [0.05, 0.1) is 4.90 Å². The zero-order valence-corrected chi connectivity index (χ0v) is 32.9. The number of sulfonamides is 1. The van der Waals surface area contributed by atoms with Crippen LogP contribution in [0.5, 0.6) is 0 Å². The van der Waals surface area contributed by atoms with Crippen molar-refractivity contribution in [2.45, 2.75) is 132 Å². The summed E-state index contributed by atoms with van der Waals surface area (Å²) in [6.45, 7) is 30.7. The molecule has 0 spiro atoms. The van der Waals surface area contributed by atoms with Gasteiger partial charge in [-0.1, -0.05) is 139 Å². The highest BCUT2D eigenvalue weighted by Gasteiger charge is 2.18. The summed E-state index contributed by atoms with van der Waals surface area (Å²) >= 11 is 0. The van der Waals surface area contributed by atoms with E-state index in [-0.39, 0.29) is 21.8 Å². The Morgan fingerprint density at radius 2 is 0.957 bits per heavy atom. The number of hydrogen-bond acceptors (Lipinski definition) is 3. The Labute approximate surface area is 289 Å². The second-order valence-corrected chi connectivity index (χ2v) is 13.7. The van der Waals surface area contributed by atoms with E-state index < -0.39 is 10.0 Å². The van der Waals surface area contributed by atoms with Gasteiger partial charge in [-0.2, -0.15) is 0 Å². The third-order valence-electron chi connectivity index (χ3n) is 6.70. The lowest BCUT2D eigenvalue weighted by Gasteiger charge is -2.27. The Bertz CT molecular complexity index is 1300. The van der Waals surface area contributed by atoms with Crippen molar-refractivity contribution in [1.82, 2.24) is 4.90 Å². The summed E-state index contributed by atoms with van der Waals surface area (Å²) in [5.74, 6) is 0. The van der Waals surface area contributed by atoms with Crippen LogP contribution in [0.3, 0.4) is 0 Å². The molecule has 4 rings (SSSR count). The van der Waals surface area contributed by atoms with E-state index in [4.69, 9.17) is 0 Å². The van der Waals surface area contributed by atoms with Gasteiger partial charge in [0.25, 0.3) is 10.0 Å². The van der Waals surface area contributed by atoms with Crippen molar-refractivity contribution in [1.29, 1.82) is 0 Å². The van der Waals surface area contributed by atoms with Crippen LogP contribution < -0.4 is 10.0 Å². The Kier molecular flexibility index (Phi) is 23.3. The van der Waals surface area contributed by atoms with Crippen molar-refractivity contribution in [2.24, 2.45) is 0 Å². The van der Waals surface area contributed by atoms with Gasteiger partial charge in [-0.25, -0.2) is 13.2 Å². The minimum absolute atomic E-state index is 0.0307. The highest BCUT2D eigenvalue weighted by atomic mass is 32.2. The monoisotopic (exact) mass is 669 g/mol. The molecule has 2 amide bonds. The predicted octanol–water partition coefficient (Wildman–Crippen LogP) is 11.9. The molecular weight excluding hydrogens is 603 g/mol. The second kappa shape index (κ2) is 23.9. The van der Waals surface area contributed by atoms with Gasteiger partial charge in [-0.05, 0) is 77.6 Å². The molecule has 0 radical (unpaired) electrons. The molecule has 3 aromatic rings. The van der Waals surface area contributed by atoms with Gasteiger partial charge in [0.1, 0.15) is 0 Å². The summed E-state index contributed by atoms with van der Waals surface area (Å²) < 4.78 is 26.9. The van der Waals surface area contributed by atoms with E-state index in [0.717, 1.165) is 31.6 Å². The Balaban J connectivity index is 0. The number of amides is 2. The minimum atomic E-state index is -3.51. The van der Waals surface area contributed by atoms with E-state index in [2.05, 4.69) is 63.7 Å². The number of carbonyl (C=O) groups excluding carboxylic acids is 1. The molecule has 0 aromatic heterocycles. The summed E-state index contributed by atoms with van der Waals surface area (Å²) in [6, 6.07) is 24.0. The number of hydrogen-bond donors (Lipinski definition) is 2. The average molecular weight is 670 g/mol. The summed E-state index contributed by atoms with van der Waals surface area (Å²) in [5, 5.41) is 2.98. The van der Waals surface area contributed by atoms with E-state index >= 15 is 0 Å². The van der Waals surface area contributed by atoms with Crippen LogP contribution in [0.2, 0.25) is 0 Å². The number of urea groups is 1. The molecule has 0 atom stereocenters. The molecule has 3 aromatic carbocycles. The lowest BCUT2D eigenvalue weighted by Crippen LogP contribution is -2.38. The normalized spacial score (nSPS) is 12.3. The van der Waals surface area contributed by atoms with Gasteiger partial charge < -0.3 is 10.2 Å². The SMILES string of the molecule is CC.CC.CC.CC.CC(C)(C)c1ccc(NC(=O)N2CCCCC2)cc1.CC(C)(C)c1ccc(NS(=O)(=O)c2ccccc2)cc1. The lowest BCUT2D eigenvalue weighted by atomic mass is 9.87. The van der Waals surface area contributed by atoms with Gasteiger partial charge in [0.2, 0.25) is 0 Å². The van der Waals surface area contributed by atoms with E-state index in [1.54, 1.807) is 42.5 Å². The molecule has 0 bridgehead atoms. The molecule has 1 heterocycles. The highest BCUT2D eigenvalue weighted by Crippen LogP contribution is 2.25. The molecule has 266 valence electrons. The highest BCUT2D eigenvalue weighted by molar-refractivity contribution is 7.92. The van der Waals surface area contributed by atoms with Crippen LogP contribution in [-0.2, 0) is 20.9 Å². The van der Waals surface area contributed by atoms with Gasteiger partial charge >= 0.3 is 6.03 Å². The van der Waals surface area contributed by atoms with Gasteiger partial charge in [0.15, 0.2) is 0 Å². The summed E-state index contributed by atoms with van der Waals surface area (Å²) in [4.78, 5) is 14.2. The third-order valence-corrected chi connectivity index (χ3v) is 8.10. The maximum atomic E-state index is 12.2. The van der Waals surface area contributed by atoms with Crippen LogP contribution in [0.25, 0.3) is 0 Å². The summed E-state index contributed by atoms with van der Waals surface area (Å²) in [6.07, 6.45) is 3.48. The van der Waals surface area contributed by atoms with Crippen LogP contribution >= 0.6 is 0 Å². The number of benzene rings is 3. The Morgan fingerprint density at radius 3 is 1.34 bits per heavy atom. The molecule has 7 heteroatoms. The van der Waals surface area contributed by atoms with E-state index in [0.29, 0.717) is 5.69 Å². The fourth-order valence-electron chi connectivity index (χ4n) is 4.21. The molecule has 2 N–H and O–H groups in total. The van der Waals surface area contributed by atoms with Crippen molar-refractivity contribution in [3.05, 3.63) is 90.0 Å². The quantitative estimate of drug-likeness (QED) is 0.290. The number of nitrogens with one attached hydrogen (secondary N) is 2. The average Bonchev–Trinajstić information content (AvgIpc) is 3.09. The second-order valence-electron chi connectivity index (χ2n) is 12.1. The standard InChI is InChI=1S/C16H24N2O.C16H19NO2S.4C2H6/c1-16(2,3)13-7-9-14(10-8-13)17-15(19)18-11-5-4-6-12-18;1-16(2,3)13-9-11-14(12-10-13)17-20(18,19)15-7-5-4-6-8-15;4*1-2/h7-10H,4-6,11-12H2,1-3H3,(H,17,19);4-12,17H,1-3H3;4*1-2H3. The van der Waals surface area contributed by atoms with Crippen molar-refractivity contribution < 1.29 is 13.2 Å². The smallest absolute Gasteiger partial charge is 0.321 e. The van der Waals surface area contributed by atoms with Crippen molar-refractivity contribution in [3.63, 3.8) is 0 Å². The van der Waals surface area contributed by atoms with E-state index in [1.807, 2.05) is 84.6 Å². The zero-order valence-electron chi connectivity index (χ0n) is 32.1. The van der Waals surface area contributed by atoms with Crippen LogP contribution in [0, 0.1) is 0 Å². The fraction of sp³-hybridized carbons (Fsp3) is 0.525. The zero-order chi connectivity index (χ0) is 36.7. The van der Waals surface area contributed by atoms with Crippen molar-refractivity contribution in [2.75, 3.05) is 23.1 Å². The number of anilines is 2. The van der Waals surface area contributed by atoms with Crippen LogP contribution in [0.1, 0.15) is 127 Å². The molecule has 0 saturated carbocycles. The fourth-order valence-corrected chi connectivity index (χ4v) is 5.28. The predicted molar refractivity (Wildman–Crippen MR) is 207 cm³/mol. The molecule has 1 aliphatic rings. The maximum absolute atomic E-state index is 12.2.